The van der Waals surface area contributed by atoms with Crippen LogP contribution in [0, 0.1) is 18.8 Å². The third kappa shape index (κ3) is 13.6. The molecule has 0 saturated carbocycles. The fourth-order valence-electron chi connectivity index (χ4n) is 1.45. The Morgan fingerprint density at radius 3 is 2.00 bits per heavy atom. The number of aliphatic hydroxyl groups is 7. The normalized spacial score (nSPS) is 26.7. The lowest BCUT2D eigenvalue weighted by Crippen LogP contribution is -2.49. The van der Waals surface area contributed by atoms with Crippen LogP contribution >= 0.6 is 0 Å². The monoisotopic (exact) mass is 356 g/mol. The minimum Gasteiger partial charge on any atom is -0.400 e. The zero-order chi connectivity index (χ0) is 19.7. The van der Waals surface area contributed by atoms with E-state index >= 15 is 0 Å². The van der Waals surface area contributed by atoms with E-state index in [1.54, 1.807) is 0 Å². The van der Waals surface area contributed by atoms with Crippen molar-refractivity contribution in [1.29, 1.82) is 0 Å². The Bertz CT molecular complexity index is 273. The fraction of sp³-hybridized carbons (Fsp3) is 0.867. The van der Waals surface area contributed by atoms with Crippen LogP contribution in [0.5, 0.6) is 0 Å². The predicted molar refractivity (Wildman–Crippen MR) is 86.5 cm³/mol. The maximum Gasteiger partial charge on any atom is 0.157 e. The van der Waals surface area contributed by atoms with Crippen molar-refractivity contribution in [1.82, 2.24) is 0 Å². The van der Waals surface area contributed by atoms with E-state index in [0.29, 0.717) is 0 Å². The Labute approximate surface area is 143 Å². The molecule has 146 valence electrons. The first-order valence-corrected chi connectivity index (χ1v) is 7.28. The molecule has 1 aliphatic rings. The van der Waals surface area contributed by atoms with Crippen molar-refractivity contribution >= 4 is 0 Å². The molecule has 0 radical (unpaired) electrons. The van der Waals surface area contributed by atoms with Crippen LogP contribution in [0.3, 0.4) is 0 Å². The summed E-state index contributed by atoms with van der Waals surface area (Å²) < 4.78 is 9.28. The highest BCUT2D eigenvalue weighted by Crippen LogP contribution is 2.18. The Hall–Kier alpha value is -0.800. The zero-order valence-electron chi connectivity index (χ0n) is 14.4. The molecular formula is C15H32O9. The first-order chi connectivity index (χ1) is 11.3. The van der Waals surface area contributed by atoms with Gasteiger partial charge in [-0.2, -0.15) is 0 Å². The van der Waals surface area contributed by atoms with E-state index in [2.05, 4.69) is 17.6 Å². The molecule has 0 unspecified atom stereocenters. The van der Waals surface area contributed by atoms with E-state index < -0.39 is 37.3 Å². The molecule has 9 heteroatoms. The highest BCUT2D eigenvalue weighted by Gasteiger charge is 2.35. The molecule has 1 heterocycles. The van der Waals surface area contributed by atoms with E-state index in [4.69, 9.17) is 40.5 Å². The van der Waals surface area contributed by atoms with E-state index in [-0.39, 0.29) is 25.7 Å². The van der Waals surface area contributed by atoms with Crippen LogP contribution in [0.15, 0.2) is 0 Å². The van der Waals surface area contributed by atoms with Gasteiger partial charge in [0.15, 0.2) is 6.29 Å². The molecule has 9 nitrogen and oxygen atoms in total. The lowest BCUT2D eigenvalue weighted by atomic mass is 10.0. The third-order valence-corrected chi connectivity index (χ3v) is 2.88. The topological polar surface area (TPSA) is 160 Å². The van der Waals surface area contributed by atoms with Crippen molar-refractivity contribution in [2.45, 2.75) is 51.0 Å². The van der Waals surface area contributed by atoms with Crippen molar-refractivity contribution in [3.05, 3.63) is 0 Å². The molecule has 7 N–H and O–H groups in total. The highest BCUT2D eigenvalue weighted by molar-refractivity contribution is 4.81. The average molecular weight is 356 g/mol. The second kappa shape index (κ2) is 18.5. The van der Waals surface area contributed by atoms with Gasteiger partial charge in [0.25, 0.3) is 0 Å². The van der Waals surface area contributed by atoms with E-state index in [9.17, 15) is 0 Å². The Balaban J connectivity index is -0.000000309. The first kappa shape index (κ1) is 28.0. The number of hydrogen-bond donors (Lipinski definition) is 7. The molecule has 1 fully saturated rings. The van der Waals surface area contributed by atoms with Gasteiger partial charge in [-0.1, -0.05) is 13.8 Å². The Kier molecular flexibility index (Phi) is 21.6. The summed E-state index contributed by atoms with van der Waals surface area (Å²) in [6.07, 6.45) is 3.42. The number of hydrogen-bond acceptors (Lipinski definition) is 9. The van der Waals surface area contributed by atoms with Crippen LogP contribution in [0.2, 0.25) is 0 Å². The number of terminal acetylenes is 1. The Morgan fingerprint density at radius 1 is 1.12 bits per heavy atom. The van der Waals surface area contributed by atoms with Gasteiger partial charge in [-0.3, -0.25) is 0 Å². The van der Waals surface area contributed by atoms with Gasteiger partial charge >= 0.3 is 0 Å². The fourth-order valence-corrected chi connectivity index (χ4v) is 1.45. The largest absolute Gasteiger partial charge is 0.400 e. The summed E-state index contributed by atoms with van der Waals surface area (Å²) in [5.41, 5.74) is 0. The van der Waals surface area contributed by atoms with Crippen LogP contribution in [0.25, 0.3) is 0 Å². The molecule has 24 heavy (non-hydrogen) atoms. The molecular weight excluding hydrogens is 324 g/mol. The third-order valence-electron chi connectivity index (χ3n) is 2.88. The highest BCUT2D eigenvalue weighted by atomic mass is 16.6. The second-order valence-corrected chi connectivity index (χ2v) is 4.92. The van der Waals surface area contributed by atoms with Gasteiger partial charge in [0.1, 0.15) is 19.0 Å². The number of rotatable bonds is 5. The summed E-state index contributed by atoms with van der Waals surface area (Å²) in [5.74, 6) is 0.191. The summed E-state index contributed by atoms with van der Waals surface area (Å²) in [6, 6.07) is 0. The van der Waals surface area contributed by atoms with E-state index in [1.165, 1.54) is 0 Å². The predicted octanol–water partition coefficient (Wildman–Crippen LogP) is -2.36. The maximum absolute atomic E-state index is 9.11. The van der Waals surface area contributed by atoms with Crippen molar-refractivity contribution in [3.8, 4) is 12.8 Å². The first-order valence-electron chi connectivity index (χ1n) is 7.28. The molecule has 1 aliphatic heterocycles. The van der Waals surface area contributed by atoms with Gasteiger partial charge < -0.3 is 45.2 Å². The summed E-state index contributed by atoms with van der Waals surface area (Å²) in [6.45, 7) is 3.28. The summed E-state index contributed by atoms with van der Waals surface area (Å²) in [5, 5.41) is 59.8. The molecule has 0 aromatic heterocycles. The second-order valence-electron chi connectivity index (χ2n) is 4.92. The van der Waals surface area contributed by atoms with Crippen LogP contribution < -0.4 is 0 Å². The minimum atomic E-state index is -1.11. The Morgan fingerprint density at radius 2 is 1.62 bits per heavy atom. The van der Waals surface area contributed by atoms with Gasteiger partial charge in [0.05, 0.1) is 25.4 Å². The lowest BCUT2D eigenvalue weighted by molar-refractivity contribution is -0.239. The van der Waals surface area contributed by atoms with Crippen LogP contribution in [-0.2, 0) is 9.47 Å². The SMILES string of the molecule is C#C.CC(C)[C@H](O)COCO.CO.OC[C@H]1O[C@H](O)C[C@@H](O)[C@@H]1O. The van der Waals surface area contributed by atoms with Gasteiger partial charge in [-0.05, 0) is 5.92 Å². The van der Waals surface area contributed by atoms with Crippen LogP contribution in [0.1, 0.15) is 20.3 Å². The lowest BCUT2D eigenvalue weighted by Gasteiger charge is -2.33. The maximum atomic E-state index is 9.11. The van der Waals surface area contributed by atoms with Crippen molar-refractivity contribution < 1.29 is 45.2 Å². The smallest absolute Gasteiger partial charge is 0.157 e. The molecule has 0 aromatic rings. The average Bonchev–Trinajstić information content (AvgIpc) is 2.59. The molecule has 0 aromatic carbocycles. The van der Waals surface area contributed by atoms with E-state index in [1.807, 2.05) is 13.8 Å². The summed E-state index contributed by atoms with van der Waals surface area (Å²) in [4.78, 5) is 0. The van der Waals surface area contributed by atoms with Gasteiger partial charge in [0.2, 0.25) is 0 Å². The van der Waals surface area contributed by atoms with Crippen molar-refractivity contribution in [2.24, 2.45) is 5.92 Å². The zero-order valence-corrected chi connectivity index (χ0v) is 14.4. The summed E-state index contributed by atoms with van der Waals surface area (Å²) in [7, 11) is 1.00. The molecule has 0 aliphatic carbocycles. The summed E-state index contributed by atoms with van der Waals surface area (Å²) >= 11 is 0. The van der Waals surface area contributed by atoms with Crippen molar-refractivity contribution in [2.75, 3.05) is 27.1 Å². The molecule has 0 amide bonds. The van der Waals surface area contributed by atoms with Gasteiger partial charge in [-0.15, -0.1) is 12.8 Å². The quantitative estimate of drug-likeness (QED) is 0.211. The number of ether oxygens (including phenoxy) is 2. The minimum absolute atomic E-state index is 0.0162. The molecule has 5 atom stereocenters. The van der Waals surface area contributed by atoms with Gasteiger partial charge in [-0.25, -0.2) is 0 Å². The molecule has 1 saturated heterocycles. The molecule has 1 rings (SSSR count). The standard InChI is InChI=1S/C6H12O5.C6H14O3.C2H2.CH4O/c7-2-4-6(10)3(8)1-5(9)11-4;1-5(2)6(8)3-9-4-7;2*1-2/h3-10H,1-2H2;5-8H,3-4H2,1-2H3;1-2H;2H,1H3/t3-,4-,5+,6+;6-;;/m11../s1. The molecule has 0 bridgehead atoms. The molecule has 0 spiro atoms. The van der Waals surface area contributed by atoms with Crippen LogP contribution in [-0.4, -0.2) is 93.6 Å². The van der Waals surface area contributed by atoms with E-state index in [0.717, 1.165) is 7.11 Å². The van der Waals surface area contributed by atoms with Crippen molar-refractivity contribution in [3.63, 3.8) is 0 Å². The van der Waals surface area contributed by atoms with Gasteiger partial charge in [0, 0.05) is 13.5 Å². The number of aliphatic hydroxyl groups excluding tert-OH is 7. The van der Waals surface area contributed by atoms with Crippen LogP contribution in [0.4, 0.5) is 0 Å².